The average Bonchev–Trinajstić information content (AvgIpc) is 2.65. The Kier molecular flexibility index (Phi) is 4.29. The summed E-state index contributed by atoms with van der Waals surface area (Å²) in [7, 11) is 0. The number of hydrogen-bond donors (Lipinski definition) is 2. The number of amides is 1. The van der Waals surface area contributed by atoms with Crippen LogP contribution in [0.25, 0.3) is 0 Å². The third-order valence-corrected chi connectivity index (χ3v) is 5.81. The second-order valence-corrected chi connectivity index (χ2v) is 7.61. The van der Waals surface area contributed by atoms with Crippen LogP contribution >= 0.6 is 0 Å². The molecule has 1 fully saturated rings. The van der Waals surface area contributed by atoms with Crippen LogP contribution in [0.3, 0.4) is 0 Å². The van der Waals surface area contributed by atoms with Gasteiger partial charge in [-0.15, -0.1) is 0 Å². The van der Waals surface area contributed by atoms with E-state index >= 15 is 0 Å². The normalized spacial score (nSPS) is 27.6. The molecule has 5 heteroatoms. The van der Waals surface area contributed by atoms with Gasteiger partial charge >= 0.3 is 0 Å². The Balaban J connectivity index is 1.67. The Hall–Kier alpha value is -2.24. The minimum atomic E-state index is -0.403. The fourth-order valence-corrected chi connectivity index (χ4v) is 4.31. The quantitative estimate of drug-likeness (QED) is 0.890. The Morgan fingerprint density at radius 1 is 1.15 bits per heavy atom. The fourth-order valence-electron chi connectivity index (χ4n) is 4.31. The van der Waals surface area contributed by atoms with E-state index in [0.717, 1.165) is 17.5 Å². The van der Waals surface area contributed by atoms with Crippen molar-refractivity contribution in [3.63, 3.8) is 0 Å². The molecular formula is C21H24FN3O. The van der Waals surface area contributed by atoms with Gasteiger partial charge in [-0.25, -0.2) is 4.39 Å². The topological polar surface area (TPSA) is 72.3 Å². The van der Waals surface area contributed by atoms with Crippen LogP contribution in [-0.4, -0.2) is 29.4 Å². The number of hydrogen-bond acceptors (Lipinski definition) is 3. The summed E-state index contributed by atoms with van der Waals surface area (Å²) in [6, 6.07) is 14.5. The van der Waals surface area contributed by atoms with E-state index in [2.05, 4.69) is 12.1 Å². The molecule has 1 saturated carbocycles. The summed E-state index contributed by atoms with van der Waals surface area (Å²) in [5.41, 5.74) is 14.8. The van der Waals surface area contributed by atoms with E-state index < -0.39 is 5.54 Å². The molecule has 4 nitrogen and oxygen atoms in total. The second kappa shape index (κ2) is 6.49. The highest BCUT2D eigenvalue weighted by molar-refractivity contribution is 5.81. The Morgan fingerprint density at radius 3 is 2.54 bits per heavy atom. The Bertz CT molecular complexity index is 814. The second-order valence-electron chi connectivity index (χ2n) is 7.61. The van der Waals surface area contributed by atoms with E-state index in [4.69, 9.17) is 11.5 Å². The van der Waals surface area contributed by atoms with Crippen molar-refractivity contribution >= 4 is 5.91 Å². The van der Waals surface area contributed by atoms with Crippen LogP contribution < -0.4 is 11.5 Å². The maximum absolute atomic E-state index is 13.4. The highest BCUT2D eigenvalue weighted by Gasteiger charge is 2.46. The number of fused-ring (bicyclic) bond motifs is 1. The van der Waals surface area contributed by atoms with E-state index in [1.807, 2.05) is 17.0 Å². The molecule has 1 aliphatic carbocycles. The first-order valence-electron chi connectivity index (χ1n) is 9.13. The van der Waals surface area contributed by atoms with Crippen molar-refractivity contribution in [3.05, 3.63) is 71.0 Å². The van der Waals surface area contributed by atoms with Gasteiger partial charge in [-0.05, 0) is 48.1 Å². The molecule has 1 atom stereocenters. The van der Waals surface area contributed by atoms with Crippen molar-refractivity contribution < 1.29 is 9.18 Å². The minimum Gasteiger partial charge on any atom is -0.331 e. The van der Waals surface area contributed by atoms with Crippen LogP contribution in [-0.2, 0) is 11.2 Å². The monoisotopic (exact) mass is 353 g/mol. The smallest absolute Gasteiger partial charge is 0.226 e. The van der Waals surface area contributed by atoms with Crippen LogP contribution in [0.5, 0.6) is 0 Å². The van der Waals surface area contributed by atoms with Crippen LogP contribution in [0.15, 0.2) is 48.5 Å². The van der Waals surface area contributed by atoms with E-state index in [1.165, 1.54) is 17.7 Å². The van der Waals surface area contributed by atoms with Crippen LogP contribution in [0.4, 0.5) is 4.39 Å². The number of halogens is 1. The number of benzene rings is 2. The minimum absolute atomic E-state index is 0.0724. The van der Waals surface area contributed by atoms with Crippen molar-refractivity contribution in [2.75, 3.05) is 13.1 Å². The fraction of sp³-hybridized carbons (Fsp3) is 0.381. The predicted molar refractivity (Wildman–Crippen MR) is 98.8 cm³/mol. The van der Waals surface area contributed by atoms with Crippen molar-refractivity contribution in [2.24, 2.45) is 17.4 Å². The summed E-state index contributed by atoms with van der Waals surface area (Å²) >= 11 is 0. The average molecular weight is 353 g/mol. The molecule has 136 valence electrons. The van der Waals surface area contributed by atoms with E-state index in [-0.39, 0.29) is 23.7 Å². The molecule has 2 aromatic carbocycles. The largest absolute Gasteiger partial charge is 0.331 e. The van der Waals surface area contributed by atoms with Crippen molar-refractivity contribution in [1.29, 1.82) is 0 Å². The van der Waals surface area contributed by atoms with Crippen LogP contribution in [0, 0.1) is 11.7 Å². The highest BCUT2D eigenvalue weighted by Crippen LogP contribution is 2.41. The first-order valence-corrected chi connectivity index (χ1v) is 9.13. The molecule has 4 N–H and O–H groups in total. The van der Waals surface area contributed by atoms with Crippen LogP contribution in [0.2, 0.25) is 0 Å². The van der Waals surface area contributed by atoms with Crippen molar-refractivity contribution in [1.82, 2.24) is 4.90 Å². The SMILES string of the molecule is NCC1(N)CC(C(=O)N2CCc3ccccc3[C@@H]2c2ccc(F)cc2)C1. The molecule has 0 aromatic heterocycles. The van der Waals surface area contributed by atoms with Crippen molar-refractivity contribution in [2.45, 2.75) is 30.8 Å². The van der Waals surface area contributed by atoms with Gasteiger partial charge in [0.2, 0.25) is 5.91 Å². The third-order valence-electron chi connectivity index (χ3n) is 5.81. The first kappa shape index (κ1) is 17.2. The van der Waals surface area contributed by atoms with Gasteiger partial charge in [0.25, 0.3) is 0 Å². The van der Waals surface area contributed by atoms with Gasteiger partial charge in [-0.2, -0.15) is 0 Å². The molecular weight excluding hydrogens is 329 g/mol. The predicted octanol–water partition coefficient (Wildman–Crippen LogP) is 2.37. The van der Waals surface area contributed by atoms with Gasteiger partial charge < -0.3 is 16.4 Å². The lowest BCUT2D eigenvalue weighted by Crippen LogP contribution is -2.61. The molecule has 0 saturated heterocycles. The van der Waals surface area contributed by atoms with Gasteiger partial charge in [0.05, 0.1) is 6.04 Å². The molecule has 4 rings (SSSR count). The summed E-state index contributed by atoms with van der Waals surface area (Å²) < 4.78 is 13.4. The summed E-state index contributed by atoms with van der Waals surface area (Å²) in [6.07, 6.45) is 2.10. The summed E-state index contributed by atoms with van der Waals surface area (Å²) in [5, 5.41) is 0. The molecule has 0 bridgehead atoms. The zero-order valence-electron chi connectivity index (χ0n) is 14.7. The Morgan fingerprint density at radius 2 is 1.85 bits per heavy atom. The Labute approximate surface area is 153 Å². The lowest BCUT2D eigenvalue weighted by Gasteiger charge is -2.47. The van der Waals surface area contributed by atoms with Gasteiger partial charge in [0, 0.05) is 24.5 Å². The van der Waals surface area contributed by atoms with Gasteiger partial charge in [0.15, 0.2) is 0 Å². The van der Waals surface area contributed by atoms with E-state index in [9.17, 15) is 9.18 Å². The van der Waals surface area contributed by atoms with Crippen molar-refractivity contribution in [3.8, 4) is 0 Å². The summed E-state index contributed by atoms with van der Waals surface area (Å²) in [4.78, 5) is 15.1. The highest BCUT2D eigenvalue weighted by atomic mass is 19.1. The van der Waals surface area contributed by atoms with E-state index in [1.54, 1.807) is 12.1 Å². The zero-order chi connectivity index (χ0) is 18.3. The standard InChI is InChI=1S/C21H24FN3O/c22-17-7-5-15(6-8-17)19-18-4-2-1-3-14(18)9-10-25(19)20(26)16-11-21(24,12-16)13-23/h1-8,16,19H,9-13,23-24H2/t16?,19-,21?/m0/s1. The van der Waals surface area contributed by atoms with Gasteiger partial charge in [-0.3, -0.25) is 4.79 Å². The molecule has 0 spiro atoms. The van der Waals surface area contributed by atoms with E-state index in [0.29, 0.717) is 25.9 Å². The summed E-state index contributed by atoms with van der Waals surface area (Å²) in [5.74, 6) is -0.217. The third kappa shape index (κ3) is 2.91. The molecule has 1 aliphatic heterocycles. The maximum atomic E-state index is 13.4. The lowest BCUT2D eigenvalue weighted by molar-refractivity contribution is -0.142. The first-order chi connectivity index (χ1) is 12.5. The molecule has 1 amide bonds. The molecule has 1 heterocycles. The number of nitrogens with two attached hydrogens (primary N) is 2. The lowest BCUT2D eigenvalue weighted by atomic mass is 9.68. The number of rotatable bonds is 3. The maximum Gasteiger partial charge on any atom is 0.226 e. The van der Waals surface area contributed by atoms with Crippen LogP contribution in [0.1, 0.15) is 35.6 Å². The van der Waals surface area contributed by atoms with Gasteiger partial charge in [0.1, 0.15) is 5.82 Å². The molecule has 2 aromatic rings. The molecule has 26 heavy (non-hydrogen) atoms. The molecule has 0 unspecified atom stereocenters. The summed E-state index contributed by atoms with van der Waals surface area (Å²) in [6.45, 7) is 1.07. The number of nitrogens with zero attached hydrogens (tertiary/aromatic N) is 1. The molecule has 0 radical (unpaired) electrons. The number of carbonyl (C=O) groups is 1. The molecule has 2 aliphatic rings. The number of carbonyl (C=O) groups excluding carboxylic acids is 1. The van der Waals surface area contributed by atoms with Gasteiger partial charge in [-0.1, -0.05) is 36.4 Å². The zero-order valence-corrected chi connectivity index (χ0v) is 14.7.